The third-order valence-electron chi connectivity index (χ3n) is 2.86. The van der Waals surface area contributed by atoms with Crippen molar-refractivity contribution in [1.82, 2.24) is 4.90 Å². The molecule has 0 saturated heterocycles. The van der Waals surface area contributed by atoms with Crippen molar-refractivity contribution in [3.63, 3.8) is 0 Å². The van der Waals surface area contributed by atoms with E-state index in [2.05, 4.69) is 0 Å². The average Bonchev–Trinajstić information content (AvgIpc) is 2.03. The van der Waals surface area contributed by atoms with E-state index in [1.54, 1.807) is 27.5 Å². The third kappa shape index (κ3) is 3.09. The maximum absolute atomic E-state index is 11.1. The van der Waals surface area contributed by atoms with Crippen molar-refractivity contribution >= 4 is 26.5 Å². The van der Waals surface area contributed by atoms with Gasteiger partial charge in [-0.1, -0.05) is 0 Å². The molecular weight excluding hydrogens is 281 g/mol. The van der Waals surface area contributed by atoms with Crippen molar-refractivity contribution in [2.24, 2.45) is 0 Å². The second-order valence-electron chi connectivity index (χ2n) is 4.09. The summed E-state index contributed by atoms with van der Waals surface area (Å²) in [6, 6.07) is 0.324. The summed E-state index contributed by atoms with van der Waals surface area (Å²) in [5.74, 6) is 0. The number of halogens is 1. The molecule has 0 radical (unpaired) electrons. The molecule has 0 atom stereocenters. The zero-order chi connectivity index (χ0) is 10.1. The van der Waals surface area contributed by atoms with Crippen LogP contribution in [0.3, 0.4) is 0 Å². The van der Waals surface area contributed by atoms with Gasteiger partial charge < -0.3 is 10.0 Å². The third-order valence-corrected chi connectivity index (χ3v) is 3.62. The number of carbonyl (C=O) groups excluding carboxylic acids is 1. The van der Waals surface area contributed by atoms with Gasteiger partial charge in [0.15, 0.2) is 0 Å². The molecule has 0 aliphatic heterocycles. The first-order valence-electron chi connectivity index (χ1n) is 4.57. The lowest BCUT2D eigenvalue weighted by Crippen LogP contribution is -2.41. The molecule has 0 bridgehead atoms. The molecule has 0 aromatic carbocycles. The molecule has 0 unspecified atom stereocenters. The van der Waals surface area contributed by atoms with E-state index < -0.39 is 5.60 Å². The van der Waals surface area contributed by atoms with Crippen molar-refractivity contribution < 1.29 is 9.90 Å². The fourth-order valence-corrected chi connectivity index (χ4v) is 2.15. The quantitative estimate of drug-likeness (QED) is 0.458. The van der Waals surface area contributed by atoms with Gasteiger partial charge in [-0.05, 0) is 32.6 Å². The van der Waals surface area contributed by atoms with Gasteiger partial charge in [0.25, 0.3) is 3.91 Å². The number of hydrogen-bond donors (Lipinski definition) is 1. The van der Waals surface area contributed by atoms with Crippen LogP contribution in [0.4, 0.5) is 4.79 Å². The topological polar surface area (TPSA) is 40.5 Å². The van der Waals surface area contributed by atoms with Gasteiger partial charge in [0.2, 0.25) is 0 Å². The standard InChI is InChI=1S/C9H16INO2/c1-9(13)5-3-7(4-6-9)11(2)8(10)12/h7,13H,3-6H2,1-2H3/t7-,9-. The summed E-state index contributed by atoms with van der Waals surface area (Å²) in [4.78, 5) is 12.8. The van der Waals surface area contributed by atoms with Crippen molar-refractivity contribution in [3.8, 4) is 0 Å². The van der Waals surface area contributed by atoms with E-state index in [0.29, 0.717) is 6.04 Å². The number of aliphatic hydroxyl groups is 1. The molecule has 0 aromatic rings. The molecule has 1 aliphatic carbocycles. The molecular formula is C9H16INO2. The van der Waals surface area contributed by atoms with E-state index in [9.17, 15) is 9.90 Å². The molecule has 1 amide bonds. The highest BCUT2D eigenvalue weighted by Gasteiger charge is 2.31. The van der Waals surface area contributed by atoms with Gasteiger partial charge in [-0.2, -0.15) is 0 Å². The van der Waals surface area contributed by atoms with Crippen LogP contribution in [0.5, 0.6) is 0 Å². The summed E-state index contributed by atoms with van der Waals surface area (Å²) < 4.78 is 0.0872. The number of nitrogens with zero attached hydrogens (tertiary/aromatic N) is 1. The molecule has 1 N–H and O–H groups in total. The Labute approximate surface area is 92.6 Å². The number of hydrogen-bond acceptors (Lipinski definition) is 2. The Kier molecular flexibility index (Phi) is 3.57. The molecule has 0 heterocycles. The minimum atomic E-state index is -0.508. The van der Waals surface area contributed by atoms with Crippen molar-refractivity contribution in [3.05, 3.63) is 0 Å². The molecule has 1 aliphatic rings. The van der Waals surface area contributed by atoms with E-state index >= 15 is 0 Å². The number of amides is 1. The number of rotatable bonds is 1. The Bertz CT molecular complexity index is 196. The maximum Gasteiger partial charge on any atom is 0.283 e. The lowest BCUT2D eigenvalue weighted by Gasteiger charge is -2.36. The minimum Gasteiger partial charge on any atom is -0.390 e. The summed E-state index contributed by atoms with van der Waals surface area (Å²) in [7, 11) is 1.83. The fraction of sp³-hybridized carbons (Fsp3) is 0.889. The Morgan fingerprint density at radius 2 is 2.00 bits per heavy atom. The Morgan fingerprint density at radius 1 is 1.54 bits per heavy atom. The van der Waals surface area contributed by atoms with Gasteiger partial charge in [-0.3, -0.25) is 4.79 Å². The lowest BCUT2D eigenvalue weighted by atomic mass is 9.83. The highest BCUT2D eigenvalue weighted by molar-refractivity contribution is 14.1. The fourth-order valence-electron chi connectivity index (χ4n) is 1.76. The second-order valence-corrected chi connectivity index (χ2v) is 5.01. The zero-order valence-corrected chi connectivity index (χ0v) is 10.2. The van der Waals surface area contributed by atoms with Crippen LogP contribution < -0.4 is 0 Å². The van der Waals surface area contributed by atoms with E-state index in [4.69, 9.17) is 0 Å². The van der Waals surface area contributed by atoms with Crippen molar-refractivity contribution in [2.45, 2.75) is 44.2 Å². The highest BCUT2D eigenvalue weighted by Crippen LogP contribution is 2.30. The monoisotopic (exact) mass is 297 g/mol. The van der Waals surface area contributed by atoms with Gasteiger partial charge in [-0.25, -0.2) is 0 Å². The summed E-state index contributed by atoms with van der Waals surface area (Å²) in [6.07, 6.45) is 3.42. The van der Waals surface area contributed by atoms with Gasteiger partial charge in [0.05, 0.1) is 5.60 Å². The van der Waals surface area contributed by atoms with Gasteiger partial charge in [0.1, 0.15) is 0 Å². The highest BCUT2D eigenvalue weighted by atomic mass is 127. The molecule has 4 heteroatoms. The Morgan fingerprint density at radius 3 is 2.38 bits per heavy atom. The van der Waals surface area contributed by atoms with Gasteiger partial charge >= 0.3 is 0 Å². The van der Waals surface area contributed by atoms with E-state index in [-0.39, 0.29) is 3.91 Å². The van der Waals surface area contributed by atoms with Crippen molar-refractivity contribution in [1.29, 1.82) is 0 Å². The van der Waals surface area contributed by atoms with Crippen LogP contribution in [0.25, 0.3) is 0 Å². The number of carbonyl (C=O) groups is 1. The van der Waals surface area contributed by atoms with Crippen molar-refractivity contribution in [2.75, 3.05) is 7.05 Å². The maximum atomic E-state index is 11.1. The smallest absolute Gasteiger partial charge is 0.283 e. The molecule has 13 heavy (non-hydrogen) atoms. The predicted octanol–water partition coefficient (Wildman–Crippen LogP) is 2.17. The van der Waals surface area contributed by atoms with Crippen LogP contribution in [0.15, 0.2) is 0 Å². The second kappa shape index (κ2) is 4.13. The lowest BCUT2D eigenvalue weighted by molar-refractivity contribution is 0.00496. The minimum absolute atomic E-state index is 0.0872. The zero-order valence-electron chi connectivity index (χ0n) is 8.09. The van der Waals surface area contributed by atoms with Crippen LogP contribution in [0.1, 0.15) is 32.6 Å². The van der Waals surface area contributed by atoms with Crippen LogP contribution >= 0.6 is 22.6 Å². The molecule has 1 saturated carbocycles. The summed E-state index contributed by atoms with van der Waals surface area (Å²) in [6.45, 7) is 1.87. The van der Waals surface area contributed by atoms with E-state index in [0.717, 1.165) is 25.7 Å². The SMILES string of the molecule is CN(C(=O)I)[C@H]1CC[C@](C)(O)CC1. The molecule has 76 valence electrons. The van der Waals surface area contributed by atoms with Crippen LogP contribution in [-0.2, 0) is 0 Å². The Balaban J connectivity index is 2.45. The van der Waals surface area contributed by atoms with Gasteiger partial charge in [-0.15, -0.1) is 0 Å². The van der Waals surface area contributed by atoms with E-state index in [1.165, 1.54) is 0 Å². The van der Waals surface area contributed by atoms with Crippen LogP contribution in [0, 0.1) is 0 Å². The van der Waals surface area contributed by atoms with Crippen LogP contribution in [0.2, 0.25) is 0 Å². The first kappa shape index (κ1) is 11.2. The average molecular weight is 297 g/mol. The molecule has 3 nitrogen and oxygen atoms in total. The van der Waals surface area contributed by atoms with Gasteiger partial charge in [0, 0.05) is 35.7 Å². The first-order valence-corrected chi connectivity index (χ1v) is 5.65. The van der Waals surface area contributed by atoms with Crippen LogP contribution in [-0.4, -0.2) is 32.6 Å². The largest absolute Gasteiger partial charge is 0.390 e. The van der Waals surface area contributed by atoms with E-state index in [1.807, 2.05) is 14.0 Å². The summed E-state index contributed by atoms with van der Waals surface area (Å²) in [5, 5.41) is 9.71. The summed E-state index contributed by atoms with van der Waals surface area (Å²) >= 11 is 1.80. The normalized spacial score (nSPS) is 34.3. The molecule has 1 rings (SSSR count). The first-order chi connectivity index (χ1) is 5.92. The molecule has 0 aromatic heterocycles. The summed E-state index contributed by atoms with van der Waals surface area (Å²) in [5.41, 5.74) is -0.508. The predicted molar refractivity (Wildman–Crippen MR) is 60.1 cm³/mol. The molecule has 0 spiro atoms. The Hall–Kier alpha value is 0.160. The molecule has 1 fully saturated rings.